The number of nitrogens with zero attached hydrogens (tertiary/aromatic N) is 4. The number of hydrogen-bond donors (Lipinski definition) is 0. The highest BCUT2D eigenvalue weighted by molar-refractivity contribution is 8.26. The van der Waals surface area contributed by atoms with Gasteiger partial charge < -0.3 is 14.4 Å². The Morgan fingerprint density at radius 3 is 2.59 bits per heavy atom. The number of nitriles is 1. The van der Waals surface area contributed by atoms with Gasteiger partial charge in [-0.25, -0.2) is 0 Å². The Bertz CT molecular complexity index is 1130. The second-order valence-corrected chi connectivity index (χ2v) is 9.73. The van der Waals surface area contributed by atoms with Crippen LogP contribution in [0.1, 0.15) is 36.5 Å². The second-order valence-electron chi connectivity index (χ2n) is 8.05. The summed E-state index contributed by atoms with van der Waals surface area (Å²) < 4.78 is 12.1. The number of pyridine rings is 1. The van der Waals surface area contributed by atoms with Crippen molar-refractivity contribution >= 4 is 52.1 Å². The molecule has 2 aliphatic rings. The summed E-state index contributed by atoms with van der Waals surface area (Å²) in [5, 5.41) is 9.63. The molecule has 9 nitrogen and oxygen atoms in total. The van der Waals surface area contributed by atoms with E-state index in [0.29, 0.717) is 71.9 Å². The number of thioether (sulfide) groups is 1. The molecule has 0 saturated carbocycles. The van der Waals surface area contributed by atoms with E-state index in [-0.39, 0.29) is 23.4 Å². The van der Waals surface area contributed by atoms with Crippen LogP contribution < -0.4 is 10.5 Å². The number of amides is 1. The van der Waals surface area contributed by atoms with Gasteiger partial charge >= 0.3 is 5.97 Å². The number of anilines is 1. The van der Waals surface area contributed by atoms with E-state index in [1.54, 1.807) is 34.1 Å². The number of carbonyl (C=O) groups is 2. The van der Waals surface area contributed by atoms with Crippen molar-refractivity contribution in [1.82, 2.24) is 9.47 Å². The summed E-state index contributed by atoms with van der Waals surface area (Å²) in [5.74, 6) is -0.00283. The number of rotatable bonds is 7. The molecule has 3 heterocycles. The fourth-order valence-corrected chi connectivity index (χ4v) is 5.48. The lowest BCUT2D eigenvalue weighted by molar-refractivity contribution is -0.148. The fraction of sp³-hybridized carbons (Fsp3) is 0.522. The van der Waals surface area contributed by atoms with Crippen molar-refractivity contribution in [3.05, 3.63) is 31.9 Å². The van der Waals surface area contributed by atoms with Crippen molar-refractivity contribution in [3.8, 4) is 6.07 Å². The fourth-order valence-electron chi connectivity index (χ4n) is 4.19. The van der Waals surface area contributed by atoms with Crippen LogP contribution in [0.2, 0.25) is 0 Å². The van der Waals surface area contributed by atoms with Gasteiger partial charge in [-0.2, -0.15) is 5.26 Å². The van der Waals surface area contributed by atoms with Crippen molar-refractivity contribution < 1.29 is 19.1 Å². The minimum atomic E-state index is -0.396. The Hall–Kier alpha value is -2.68. The first-order chi connectivity index (χ1) is 16.2. The number of piperidine rings is 1. The van der Waals surface area contributed by atoms with Crippen molar-refractivity contribution in [1.29, 1.82) is 5.26 Å². The molecule has 0 atom stereocenters. The molecule has 0 N–H and O–H groups in total. The zero-order valence-corrected chi connectivity index (χ0v) is 21.4. The average molecular weight is 505 g/mol. The van der Waals surface area contributed by atoms with Crippen molar-refractivity contribution in [3.63, 3.8) is 0 Å². The zero-order valence-electron chi connectivity index (χ0n) is 19.8. The first-order valence-corrected chi connectivity index (χ1v) is 12.3. The largest absolute Gasteiger partial charge is 0.466 e. The number of hydrogen-bond acceptors (Lipinski definition) is 9. The van der Waals surface area contributed by atoms with Crippen LogP contribution in [0, 0.1) is 24.2 Å². The van der Waals surface area contributed by atoms with Crippen molar-refractivity contribution in [2.75, 3.05) is 44.9 Å². The van der Waals surface area contributed by atoms with Gasteiger partial charge in [-0.05, 0) is 38.3 Å². The first-order valence-electron chi connectivity index (χ1n) is 11.0. The van der Waals surface area contributed by atoms with Crippen LogP contribution in [-0.2, 0) is 26.1 Å². The SMILES string of the molecule is CCOC(=O)C1CCN(c2c(C=C3SC(=S)N(CCOC)C3=O)c(C)c(C#N)c(=O)n2C)CC1. The molecular weight excluding hydrogens is 476 g/mol. The van der Waals surface area contributed by atoms with Crippen molar-refractivity contribution in [2.24, 2.45) is 13.0 Å². The predicted octanol–water partition coefficient (Wildman–Crippen LogP) is 2.19. The van der Waals surface area contributed by atoms with Gasteiger partial charge in [-0.1, -0.05) is 24.0 Å². The van der Waals surface area contributed by atoms with E-state index in [1.807, 2.05) is 11.0 Å². The third-order valence-electron chi connectivity index (χ3n) is 6.05. The number of esters is 1. The molecule has 0 radical (unpaired) electrons. The van der Waals surface area contributed by atoms with E-state index < -0.39 is 5.56 Å². The summed E-state index contributed by atoms with van der Waals surface area (Å²) in [5.41, 5.74) is 0.775. The predicted molar refractivity (Wildman–Crippen MR) is 134 cm³/mol. The highest BCUT2D eigenvalue weighted by atomic mass is 32.2. The quantitative estimate of drug-likeness (QED) is 0.314. The number of ether oxygens (including phenoxy) is 2. The van der Waals surface area contributed by atoms with Gasteiger partial charge in [0.25, 0.3) is 11.5 Å². The molecule has 1 aromatic rings. The summed E-state index contributed by atoms with van der Waals surface area (Å²) >= 11 is 6.57. The Balaban J connectivity index is 2.02. The van der Waals surface area contributed by atoms with E-state index in [2.05, 4.69) is 0 Å². The van der Waals surface area contributed by atoms with E-state index in [0.717, 1.165) is 0 Å². The molecule has 2 aliphatic heterocycles. The summed E-state index contributed by atoms with van der Waals surface area (Å²) in [7, 11) is 3.18. The molecule has 0 aromatic carbocycles. The lowest BCUT2D eigenvalue weighted by Crippen LogP contribution is -2.40. The normalized spacial score (nSPS) is 18.0. The maximum absolute atomic E-state index is 13.0. The van der Waals surface area contributed by atoms with Gasteiger partial charge in [-0.15, -0.1) is 0 Å². The molecule has 2 saturated heterocycles. The second kappa shape index (κ2) is 11.2. The molecule has 3 rings (SSSR count). The molecule has 0 aliphatic carbocycles. The molecular formula is C23H28N4O5S2. The average Bonchev–Trinajstić information content (AvgIpc) is 3.09. The number of methoxy groups -OCH3 is 1. The Kier molecular flexibility index (Phi) is 8.52. The Morgan fingerprint density at radius 2 is 2.00 bits per heavy atom. The summed E-state index contributed by atoms with van der Waals surface area (Å²) in [4.78, 5) is 42.0. The third-order valence-corrected chi connectivity index (χ3v) is 7.43. The van der Waals surface area contributed by atoms with Crippen molar-refractivity contribution in [2.45, 2.75) is 26.7 Å². The molecule has 182 valence electrons. The maximum Gasteiger partial charge on any atom is 0.309 e. The summed E-state index contributed by atoms with van der Waals surface area (Å²) in [6, 6.07) is 2.01. The van der Waals surface area contributed by atoms with Gasteiger partial charge in [0.2, 0.25) is 0 Å². The minimum absolute atomic E-state index is 0.0359. The van der Waals surface area contributed by atoms with Crippen LogP contribution >= 0.6 is 24.0 Å². The highest BCUT2D eigenvalue weighted by Crippen LogP contribution is 2.36. The monoisotopic (exact) mass is 504 g/mol. The van der Waals surface area contributed by atoms with Crippen LogP contribution in [0.15, 0.2) is 9.70 Å². The van der Waals surface area contributed by atoms with Crippen LogP contribution in [0.4, 0.5) is 5.82 Å². The van der Waals surface area contributed by atoms with Crippen LogP contribution in [0.25, 0.3) is 6.08 Å². The highest BCUT2D eigenvalue weighted by Gasteiger charge is 2.34. The smallest absolute Gasteiger partial charge is 0.309 e. The zero-order chi connectivity index (χ0) is 25.0. The molecule has 1 amide bonds. The van der Waals surface area contributed by atoms with Gasteiger partial charge in [0.1, 0.15) is 21.8 Å². The molecule has 34 heavy (non-hydrogen) atoms. The van der Waals surface area contributed by atoms with Crippen LogP contribution in [0.3, 0.4) is 0 Å². The third kappa shape index (κ3) is 5.04. The Labute approximate surface area is 208 Å². The van der Waals surface area contributed by atoms with Gasteiger partial charge in [0.05, 0.1) is 30.6 Å². The van der Waals surface area contributed by atoms with E-state index >= 15 is 0 Å². The maximum atomic E-state index is 13.0. The molecule has 0 spiro atoms. The first kappa shape index (κ1) is 25.9. The van der Waals surface area contributed by atoms with Crippen LogP contribution in [0.5, 0.6) is 0 Å². The molecule has 2 fully saturated rings. The molecule has 0 unspecified atom stereocenters. The molecule has 0 bridgehead atoms. The Morgan fingerprint density at radius 1 is 1.32 bits per heavy atom. The summed E-state index contributed by atoms with van der Waals surface area (Å²) in [6.07, 6.45) is 2.89. The van der Waals surface area contributed by atoms with Gasteiger partial charge in [0.15, 0.2) is 0 Å². The van der Waals surface area contributed by atoms with Crippen LogP contribution in [-0.4, -0.2) is 65.6 Å². The number of carbonyl (C=O) groups excluding carboxylic acids is 2. The standard InChI is InChI=1S/C23H28N4O5S2/c1-5-32-22(30)15-6-8-26(9-7-15)19-16(14(2)17(13-24)20(28)25(19)3)12-18-21(29)27(10-11-31-4)23(33)34-18/h12,15H,5-11H2,1-4H3. The van der Waals surface area contributed by atoms with Gasteiger partial charge in [-0.3, -0.25) is 23.9 Å². The lowest BCUT2D eigenvalue weighted by Gasteiger charge is -2.35. The van der Waals surface area contributed by atoms with E-state index in [1.165, 1.54) is 21.2 Å². The van der Waals surface area contributed by atoms with E-state index in [4.69, 9.17) is 21.7 Å². The topological polar surface area (TPSA) is 105 Å². The lowest BCUT2D eigenvalue weighted by atomic mass is 9.95. The minimum Gasteiger partial charge on any atom is -0.466 e. The van der Waals surface area contributed by atoms with E-state index in [9.17, 15) is 19.6 Å². The number of aromatic nitrogens is 1. The summed E-state index contributed by atoms with van der Waals surface area (Å²) in [6.45, 7) is 5.63. The number of thiocarbonyl (C=S) groups is 1. The van der Waals surface area contributed by atoms with Gasteiger partial charge in [0, 0.05) is 32.8 Å². The molecule has 1 aromatic heterocycles. The molecule has 11 heteroatoms.